The largest absolute Gasteiger partial charge is 0.379 e. The van der Waals surface area contributed by atoms with Crippen molar-refractivity contribution in [1.82, 2.24) is 15.5 Å². The Labute approximate surface area is 139 Å². The molecule has 2 aliphatic rings. The number of morpholine rings is 1. The minimum Gasteiger partial charge on any atom is -0.379 e. The fraction of sp³-hybridized carbons (Fsp3) is 0.929. The highest BCUT2D eigenvalue weighted by Crippen LogP contribution is 2.27. The Morgan fingerprint density at radius 2 is 2.00 bits per heavy atom. The Morgan fingerprint density at radius 1 is 1.30 bits per heavy atom. The summed E-state index contributed by atoms with van der Waals surface area (Å²) in [5, 5.41) is 6.76. The molecule has 0 aromatic carbocycles. The molecule has 2 fully saturated rings. The van der Waals surface area contributed by atoms with Crippen molar-refractivity contribution in [3.05, 3.63) is 0 Å². The van der Waals surface area contributed by atoms with E-state index in [2.05, 4.69) is 29.4 Å². The monoisotopic (exact) mass is 396 g/mol. The topological polar surface area (TPSA) is 48.9 Å². The van der Waals surface area contributed by atoms with Gasteiger partial charge >= 0.3 is 0 Å². The summed E-state index contributed by atoms with van der Waals surface area (Å²) in [5.41, 5.74) is 0. The summed E-state index contributed by atoms with van der Waals surface area (Å²) in [5.74, 6) is 1.84. The standard InChI is InChI=1S/C14H28N4O.HI/c1-3-15-14(17-11-13-4-5-13)16-10-12(2)18-6-8-19-9-7-18;/h12-13H,3-11H2,1-2H3,(H2,15,16,17);1H. The van der Waals surface area contributed by atoms with Crippen molar-refractivity contribution < 1.29 is 4.74 Å². The summed E-state index contributed by atoms with van der Waals surface area (Å²) in [6, 6.07) is 0.486. The van der Waals surface area contributed by atoms with E-state index >= 15 is 0 Å². The van der Waals surface area contributed by atoms with Crippen LogP contribution in [0.25, 0.3) is 0 Å². The minimum atomic E-state index is 0. The molecule has 2 rings (SSSR count). The SMILES string of the molecule is CCNC(=NCC(C)N1CCOCC1)NCC1CC1.I. The lowest BCUT2D eigenvalue weighted by Crippen LogP contribution is -2.44. The van der Waals surface area contributed by atoms with Gasteiger partial charge in [-0.05, 0) is 32.6 Å². The Morgan fingerprint density at radius 3 is 2.60 bits per heavy atom. The van der Waals surface area contributed by atoms with Gasteiger partial charge in [-0.2, -0.15) is 0 Å². The highest BCUT2D eigenvalue weighted by Gasteiger charge is 2.21. The van der Waals surface area contributed by atoms with Crippen LogP contribution in [0.3, 0.4) is 0 Å². The van der Waals surface area contributed by atoms with E-state index < -0.39 is 0 Å². The van der Waals surface area contributed by atoms with E-state index in [1.54, 1.807) is 0 Å². The lowest BCUT2D eigenvalue weighted by Gasteiger charge is -2.31. The Bertz CT molecular complexity index is 291. The number of nitrogens with one attached hydrogen (secondary N) is 2. The fourth-order valence-electron chi connectivity index (χ4n) is 2.26. The minimum absolute atomic E-state index is 0. The first-order chi connectivity index (χ1) is 9.29. The second-order valence-electron chi connectivity index (χ2n) is 5.54. The first kappa shape index (κ1) is 18.0. The first-order valence-electron chi connectivity index (χ1n) is 7.63. The van der Waals surface area contributed by atoms with Gasteiger partial charge in [-0.15, -0.1) is 24.0 Å². The van der Waals surface area contributed by atoms with Crippen molar-refractivity contribution in [2.45, 2.75) is 32.7 Å². The molecule has 1 heterocycles. The first-order valence-corrected chi connectivity index (χ1v) is 7.63. The van der Waals surface area contributed by atoms with Crippen molar-refractivity contribution in [3.63, 3.8) is 0 Å². The summed E-state index contributed by atoms with van der Waals surface area (Å²) in [7, 11) is 0. The average molecular weight is 396 g/mol. The van der Waals surface area contributed by atoms with E-state index in [4.69, 9.17) is 9.73 Å². The molecule has 1 unspecified atom stereocenters. The predicted octanol–water partition coefficient (Wildman–Crippen LogP) is 1.29. The maximum Gasteiger partial charge on any atom is 0.191 e. The second-order valence-corrected chi connectivity index (χ2v) is 5.54. The van der Waals surface area contributed by atoms with E-state index in [1.165, 1.54) is 12.8 Å². The molecule has 5 nitrogen and oxygen atoms in total. The molecule has 20 heavy (non-hydrogen) atoms. The van der Waals surface area contributed by atoms with Crippen LogP contribution in [-0.2, 0) is 4.74 Å². The number of nitrogens with zero attached hydrogens (tertiary/aromatic N) is 2. The number of ether oxygens (including phenoxy) is 1. The zero-order valence-corrected chi connectivity index (χ0v) is 15.1. The number of guanidine groups is 1. The zero-order chi connectivity index (χ0) is 13.5. The fourth-order valence-corrected chi connectivity index (χ4v) is 2.26. The van der Waals surface area contributed by atoms with E-state index in [1.807, 2.05) is 0 Å². The normalized spacial score (nSPS) is 22.0. The molecule has 0 spiro atoms. The lowest BCUT2D eigenvalue weighted by molar-refractivity contribution is 0.0220. The van der Waals surface area contributed by atoms with Gasteiger partial charge in [0.1, 0.15) is 0 Å². The van der Waals surface area contributed by atoms with Crippen LogP contribution in [0.1, 0.15) is 26.7 Å². The van der Waals surface area contributed by atoms with Crippen LogP contribution in [-0.4, -0.2) is 62.8 Å². The molecule has 0 aromatic heterocycles. The maximum absolute atomic E-state index is 5.38. The third-order valence-corrected chi connectivity index (χ3v) is 3.78. The highest BCUT2D eigenvalue weighted by molar-refractivity contribution is 14.0. The van der Waals surface area contributed by atoms with Gasteiger partial charge in [0, 0.05) is 32.2 Å². The van der Waals surface area contributed by atoms with Crippen LogP contribution < -0.4 is 10.6 Å². The predicted molar refractivity (Wildman–Crippen MR) is 94.0 cm³/mol. The van der Waals surface area contributed by atoms with Gasteiger partial charge < -0.3 is 15.4 Å². The summed E-state index contributed by atoms with van der Waals surface area (Å²) in [6.45, 7) is 11.0. The number of halogens is 1. The maximum atomic E-state index is 5.38. The molecular formula is C14H29IN4O. The number of hydrogen-bond donors (Lipinski definition) is 2. The molecule has 0 bridgehead atoms. The van der Waals surface area contributed by atoms with Gasteiger partial charge in [0.05, 0.1) is 19.8 Å². The zero-order valence-electron chi connectivity index (χ0n) is 12.7. The van der Waals surface area contributed by atoms with Crippen LogP contribution >= 0.6 is 24.0 Å². The number of rotatable bonds is 6. The van der Waals surface area contributed by atoms with Gasteiger partial charge in [0.15, 0.2) is 5.96 Å². The quantitative estimate of drug-likeness (QED) is 0.404. The van der Waals surface area contributed by atoms with Gasteiger partial charge in [-0.25, -0.2) is 0 Å². The molecule has 0 amide bonds. The summed E-state index contributed by atoms with van der Waals surface area (Å²) >= 11 is 0. The van der Waals surface area contributed by atoms with Crippen LogP contribution in [0, 0.1) is 5.92 Å². The molecule has 118 valence electrons. The summed E-state index contributed by atoms with van der Waals surface area (Å²) in [4.78, 5) is 7.16. The van der Waals surface area contributed by atoms with Crippen LogP contribution in [0.2, 0.25) is 0 Å². The molecule has 1 saturated carbocycles. The van der Waals surface area contributed by atoms with Crippen LogP contribution in [0.15, 0.2) is 4.99 Å². The van der Waals surface area contributed by atoms with Gasteiger partial charge in [0.25, 0.3) is 0 Å². The van der Waals surface area contributed by atoms with Crippen molar-refractivity contribution in [2.24, 2.45) is 10.9 Å². The smallest absolute Gasteiger partial charge is 0.191 e. The third kappa shape index (κ3) is 6.58. The lowest BCUT2D eigenvalue weighted by atomic mass is 10.2. The number of hydrogen-bond acceptors (Lipinski definition) is 3. The van der Waals surface area contributed by atoms with Crippen molar-refractivity contribution in [3.8, 4) is 0 Å². The molecule has 0 radical (unpaired) electrons. The van der Waals surface area contributed by atoms with E-state index in [0.29, 0.717) is 6.04 Å². The molecule has 2 N–H and O–H groups in total. The summed E-state index contributed by atoms with van der Waals surface area (Å²) in [6.07, 6.45) is 2.74. The molecule has 1 saturated heterocycles. The molecule has 0 aromatic rings. The van der Waals surface area contributed by atoms with Crippen molar-refractivity contribution >= 4 is 29.9 Å². The second kappa shape index (κ2) is 9.78. The Hall–Kier alpha value is -0.0800. The Kier molecular flexibility index (Phi) is 8.79. The Balaban J connectivity index is 0.00000200. The molecule has 6 heteroatoms. The molecule has 1 aliphatic carbocycles. The highest BCUT2D eigenvalue weighted by atomic mass is 127. The molecular weight excluding hydrogens is 367 g/mol. The molecule has 1 aliphatic heterocycles. The van der Waals surface area contributed by atoms with E-state index in [0.717, 1.165) is 57.8 Å². The van der Waals surface area contributed by atoms with E-state index in [9.17, 15) is 0 Å². The van der Waals surface area contributed by atoms with Gasteiger partial charge in [-0.1, -0.05) is 0 Å². The van der Waals surface area contributed by atoms with Crippen molar-refractivity contribution in [2.75, 3.05) is 45.9 Å². The number of aliphatic imine (C=N–C) groups is 1. The van der Waals surface area contributed by atoms with Gasteiger partial charge in [-0.3, -0.25) is 9.89 Å². The van der Waals surface area contributed by atoms with Crippen LogP contribution in [0.4, 0.5) is 0 Å². The van der Waals surface area contributed by atoms with Crippen LogP contribution in [0.5, 0.6) is 0 Å². The third-order valence-electron chi connectivity index (χ3n) is 3.78. The summed E-state index contributed by atoms with van der Waals surface area (Å²) < 4.78 is 5.38. The van der Waals surface area contributed by atoms with Gasteiger partial charge in [0.2, 0.25) is 0 Å². The van der Waals surface area contributed by atoms with Crippen molar-refractivity contribution in [1.29, 1.82) is 0 Å². The molecule has 1 atom stereocenters. The van der Waals surface area contributed by atoms with E-state index in [-0.39, 0.29) is 24.0 Å². The average Bonchev–Trinajstić information content (AvgIpc) is 3.26.